The van der Waals surface area contributed by atoms with Gasteiger partial charge in [-0.15, -0.1) is 10.2 Å². The molecule has 0 atom stereocenters. The van der Waals surface area contributed by atoms with Crippen LogP contribution < -0.4 is 5.56 Å². The minimum atomic E-state index is -0.347. The number of aryl methyl sites for hydroxylation is 1. The predicted octanol–water partition coefficient (Wildman–Crippen LogP) is 3.62. The number of aromatic nitrogens is 4. The smallest absolute Gasteiger partial charge is 0.280 e. The van der Waals surface area contributed by atoms with Crippen molar-refractivity contribution in [1.82, 2.24) is 19.2 Å². The van der Waals surface area contributed by atoms with Gasteiger partial charge in [-0.2, -0.15) is 0 Å². The zero-order chi connectivity index (χ0) is 18.1. The summed E-state index contributed by atoms with van der Waals surface area (Å²) >= 11 is 1.52. The number of nitrogens with zero attached hydrogens (tertiary/aromatic N) is 4. The summed E-state index contributed by atoms with van der Waals surface area (Å²) in [6, 6.07) is 14.0. The van der Waals surface area contributed by atoms with E-state index in [4.69, 9.17) is 0 Å². The Balaban J connectivity index is 1.65. The van der Waals surface area contributed by atoms with E-state index < -0.39 is 0 Å². The Kier molecular flexibility index (Phi) is 4.30. The van der Waals surface area contributed by atoms with Crippen molar-refractivity contribution in [3.05, 3.63) is 88.2 Å². The summed E-state index contributed by atoms with van der Waals surface area (Å²) in [5.74, 6) is 0.393. The first-order valence-electron chi connectivity index (χ1n) is 8.02. The summed E-state index contributed by atoms with van der Waals surface area (Å²) in [5, 5.41) is 8.84. The third kappa shape index (κ3) is 3.13. The van der Waals surface area contributed by atoms with Crippen LogP contribution in [0.1, 0.15) is 11.1 Å². The number of rotatable bonds is 4. The zero-order valence-electron chi connectivity index (χ0n) is 14.0. The van der Waals surface area contributed by atoms with Crippen LogP contribution in [0, 0.1) is 12.7 Å². The van der Waals surface area contributed by atoms with Gasteiger partial charge in [0.15, 0.2) is 5.16 Å². The first kappa shape index (κ1) is 16.5. The number of halogens is 1. The summed E-state index contributed by atoms with van der Waals surface area (Å²) in [4.78, 5) is 12.7. The second-order valence-corrected chi connectivity index (χ2v) is 6.85. The molecule has 0 saturated carbocycles. The maximum Gasteiger partial charge on any atom is 0.300 e. The van der Waals surface area contributed by atoms with Crippen molar-refractivity contribution >= 4 is 17.4 Å². The van der Waals surface area contributed by atoms with E-state index in [1.54, 1.807) is 28.9 Å². The van der Waals surface area contributed by atoms with Gasteiger partial charge in [0, 0.05) is 23.8 Å². The molecule has 0 aliphatic carbocycles. The van der Waals surface area contributed by atoms with Crippen molar-refractivity contribution in [2.24, 2.45) is 0 Å². The molecule has 0 spiro atoms. The van der Waals surface area contributed by atoms with Crippen LogP contribution in [0.15, 0.2) is 70.9 Å². The van der Waals surface area contributed by atoms with Gasteiger partial charge >= 0.3 is 5.56 Å². The molecule has 2 aromatic heterocycles. The number of fused-ring (bicyclic) bond motifs is 1. The van der Waals surface area contributed by atoms with Crippen LogP contribution in [0.3, 0.4) is 0 Å². The van der Waals surface area contributed by atoms with Crippen molar-refractivity contribution in [2.75, 3.05) is 0 Å². The fourth-order valence-electron chi connectivity index (χ4n) is 2.72. The molecule has 0 amide bonds. The van der Waals surface area contributed by atoms with Crippen LogP contribution in [-0.2, 0) is 5.75 Å². The highest BCUT2D eigenvalue weighted by atomic mass is 32.2. The lowest BCUT2D eigenvalue weighted by Gasteiger charge is -2.06. The third-order valence-electron chi connectivity index (χ3n) is 3.99. The molecule has 5 nitrogen and oxygen atoms in total. The zero-order valence-corrected chi connectivity index (χ0v) is 14.8. The Morgan fingerprint density at radius 1 is 1.08 bits per heavy atom. The molecule has 7 heteroatoms. The Hall–Kier alpha value is -2.93. The quantitative estimate of drug-likeness (QED) is 0.518. The van der Waals surface area contributed by atoms with Crippen LogP contribution in [0.5, 0.6) is 0 Å². The van der Waals surface area contributed by atoms with Gasteiger partial charge in [-0.25, -0.2) is 4.39 Å². The molecule has 4 aromatic rings. The number of benzene rings is 2. The molecular formula is C19H15FN4OS. The lowest BCUT2D eigenvalue weighted by Crippen LogP contribution is -2.20. The number of hydrogen-bond acceptors (Lipinski definition) is 4. The van der Waals surface area contributed by atoms with Crippen molar-refractivity contribution < 1.29 is 4.39 Å². The molecule has 4 rings (SSSR count). The highest BCUT2D eigenvalue weighted by molar-refractivity contribution is 7.98. The van der Waals surface area contributed by atoms with Crippen molar-refractivity contribution in [1.29, 1.82) is 0 Å². The molecule has 26 heavy (non-hydrogen) atoms. The van der Waals surface area contributed by atoms with Gasteiger partial charge in [-0.05, 0) is 36.8 Å². The second kappa shape index (κ2) is 6.76. The molecule has 130 valence electrons. The third-order valence-corrected chi connectivity index (χ3v) is 5.01. The highest BCUT2D eigenvalue weighted by Crippen LogP contribution is 2.21. The lowest BCUT2D eigenvalue weighted by molar-refractivity contribution is 0.627. The molecule has 2 aromatic carbocycles. The summed E-state index contributed by atoms with van der Waals surface area (Å²) in [5.41, 5.74) is 2.91. The second-order valence-electron chi connectivity index (χ2n) is 5.90. The molecule has 2 heterocycles. The molecule has 0 bridgehead atoms. The van der Waals surface area contributed by atoms with E-state index in [2.05, 4.69) is 35.3 Å². The van der Waals surface area contributed by atoms with Gasteiger partial charge < -0.3 is 0 Å². The van der Waals surface area contributed by atoms with Gasteiger partial charge in [0.1, 0.15) is 5.82 Å². The monoisotopic (exact) mass is 366 g/mol. The number of thioether (sulfide) groups is 1. The molecule has 0 unspecified atom stereocenters. The lowest BCUT2D eigenvalue weighted by atomic mass is 10.2. The van der Waals surface area contributed by atoms with Gasteiger partial charge in [0.2, 0.25) is 5.65 Å². The molecule has 0 aliphatic heterocycles. The Morgan fingerprint density at radius 2 is 1.88 bits per heavy atom. The summed E-state index contributed by atoms with van der Waals surface area (Å²) in [6.45, 7) is 2.05. The standard InChI is InChI=1S/C19H15FN4OS/c1-13-3-2-4-14(11-13)12-26-19-22-21-17-18(25)23(9-10-24(17)19)16-7-5-15(20)6-8-16/h2-11H,12H2,1H3. The number of hydrogen-bond donors (Lipinski definition) is 0. The fraction of sp³-hybridized carbons (Fsp3) is 0.105. The largest absolute Gasteiger partial charge is 0.300 e. The van der Waals surface area contributed by atoms with Crippen molar-refractivity contribution in [3.8, 4) is 5.69 Å². The average Bonchev–Trinajstić information content (AvgIpc) is 3.05. The van der Waals surface area contributed by atoms with Crippen LogP contribution in [0.25, 0.3) is 11.3 Å². The molecule has 0 N–H and O–H groups in total. The first-order valence-corrected chi connectivity index (χ1v) is 9.01. The summed E-state index contributed by atoms with van der Waals surface area (Å²) < 4.78 is 16.2. The fourth-order valence-corrected chi connectivity index (χ4v) is 3.58. The Bertz CT molecular complexity index is 1130. The Morgan fingerprint density at radius 3 is 2.65 bits per heavy atom. The molecule has 0 saturated heterocycles. The van der Waals surface area contributed by atoms with Gasteiger partial charge in [0.25, 0.3) is 0 Å². The molecular weight excluding hydrogens is 351 g/mol. The van der Waals surface area contributed by atoms with Gasteiger partial charge in [-0.1, -0.05) is 41.6 Å². The summed E-state index contributed by atoms with van der Waals surface area (Å²) in [7, 11) is 0. The predicted molar refractivity (Wildman–Crippen MR) is 99.3 cm³/mol. The van der Waals surface area contributed by atoms with E-state index in [0.29, 0.717) is 10.8 Å². The minimum Gasteiger partial charge on any atom is -0.280 e. The molecule has 0 radical (unpaired) electrons. The molecule has 0 fully saturated rings. The minimum absolute atomic E-state index is 0.239. The maximum absolute atomic E-state index is 13.1. The molecule has 0 aliphatic rings. The van der Waals surface area contributed by atoms with Crippen LogP contribution in [0.4, 0.5) is 4.39 Å². The van der Waals surface area contributed by atoms with E-state index in [1.807, 2.05) is 6.07 Å². The van der Waals surface area contributed by atoms with E-state index >= 15 is 0 Å². The van der Waals surface area contributed by atoms with Crippen molar-refractivity contribution in [2.45, 2.75) is 17.8 Å². The Labute approximate surface area is 153 Å². The van der Waals surface area contributed by atoms with E-state index in [-0.39, 0.29) is 17.0 Å². The van der Waals surface area contributed by atoms with E-state index in [9.17, 15) is 9.18 Å². The van der Waals surface area contributed by atoms with Gasteiger partial charge in [-0.3, -0.25) is 13.8 Å². The van der Waals surface area contributed by atoms with Crippen LogP contribution in [0.2, 0.25) is 0 Å². The van der Waals surface area contributed by atoms with Crippen LogP contribution in [-0.4, -0.2) is 19.2 Å². The maximum atomic E-state index is 13.1. The van der Waals surface area contributed by atoms with E-state index in [1.165, 1.54) is 39.6 Å². The summed E-state index contributed by atoms with van der Waals surface area (Å²) in [6.07, 6.45) is 3.39. The average molecular weight is 366 g/mol. The van der Waals surface area contributed by atoms with E-state index in [0.717, 1.165) is 5.75 Å². The first-order chi connectivity index (χ1) is 12.6. The van der Waals surface area contributed by atoms with Gasteiger partial charge in [0.05, 0.1) is 0 Å². The van der Waals surface area contributed by atoms with Crippen molar-refractivity contribution in [3.63, 3.8) is 0 Å². The van der Waals surface area contributed by atoms with Crippen LogP contribution >= 0.6 is 11.8 Å². The topological polar surface area (TPSA) is 52.2 Å². The highest BCUT2D eigenvalue weighted by Gasteiger charge is 2.12. The SMILES string of the molecule is Cc1cccc(CSc2nnc3c(=O)n(-c4ccc(F)cc4)ccn23)c1. The normalized spacial score (nSPS) is 11.2.